The topological polar surface area (TPSA) is 60.8 Å². The molecular weight excluding hydrogens is 360 g/mol. The van der Waals surface area contributed by atoms with E-state index in [9.17, 15) is 0 Å². The average molecular weight is 382 g/mol. The molecule has 4 aromatic rings. The third-order valence-electron chi connectivity index (χ3n) is 5.45. The Morgan fingerprint density at radius 2 is 1.83 bits per heavy atom. The molecule has 1 aliphatic carbocycles. The molecule has 0 aliphatic heterocycles. The number of ether oxygens (including phenoxy) is 1. The van der Waals surface area contributed by atoms with Gasteiger partial charge in [-0.2, -0.15) is 4.98 Å². The molecule has 1 saturated carbocycles. The van der Waals surface area contributed by atoms with Crippen molar-refractivity contribution >= 4 is 10.9 Å². The second-order valence-corrected chi connectivity index (χ2v) is 7.67. The fourth-order valence-corrected chi connectivity index (χ4v) is 3.65. The van der Waals surface area contributed by atoms with Gasteiger partial charge in [-0.3, -0.25) is 9.97 Å². The van der Waals surface area contributed by atoms with Crippen LogP contribution in [0.25, 0.3) is 22.0 Å². The number of hydrogen-bond donors (Lipinski definition) is 0. The van der Waals surface area contributed by atoms with E-state index in [0.717, 1.165) is 34.5 Å². The maximum Gasteiger partial charge on any atom is 0.224 e. The van der Waals surface area contributed by atoms with Gasteiger partial charge >= 0.3 is 0 Å². The number of para-hydroxylation sites is 1. The van der Waals surface area contributed by atoms with Gasteiger partial charge in [0.1, 0.15) is 5.82 Å². The molecule has 1 aliphatic rings. The predicted octanol–water partition coefficient (Wildman–Crippen LogP) is 4.89. The molecule has 0 N–H and O–H groups in total. The Balaban J connectivity index is 1.32. The largest absolute Gasteiger partial charge is 0.477 e. The van der Waals surface area contributed by atoms with Crippen molar-refractivity contribution in [2.45, 2.75) is 26.2 Å². The highest BCUT2D eigenvalue weighted by Crippen LogP contribution is 2.47. The zero-order valence-electron chi connectivity index (χ0n) is 16.5. The lowest BCUT2D eigenvalue weighted by Gasteiger charge is -2.11. The molecule has 0 saturated heterocycles. The van der Waals surface area contributed by atoms with Crippen molar-refractivity contribution in [2.24, 2.45) is 5.92 Å². The van der Waals surface area contributed by atoms with Gasteiger partial charge in [0, 0.05) is 46.6 Å². The first kappa shape index (κ1) is 17.7. The molecular formula is C24H22N4O. The van der Waals surface area contributed by atoms with Gasteiger partial charge in [-0.05, 0) is 38.5 Å². The van der Waals surface area contributed by atoms with Crippen LogP contribution in [0.2, 0.25) is 0 Å². The van der Waals surface area contributed by atoms with Crippen molar-refractivity contribution in [3.05, 3.63) is 78.1 Å². The summed E-state index contributed by atoms with van der Waals surface area (Å²) in [5, 5.41) is 1.18. The first-order valence-corrected chi connectivity index (χ1v) is 9.92. The number of aromatic nitrogens is 4. The van der Waals surface area contributed by atoms with Crippen LogP contribution >= 0.6 is 0 Å². The van der Waals surface area contributed by atoms with Crippen molar-refractivity contribution in [2.75, 3.05) is 6.61 Å². The second-order valence-electron chi connectivity index (χ2n) is 7.67. The average Bonchev–Trinajstić information content (AvgIpc) is 3.52. The molecule has 0 spiro atoms. The Kier molecular flexibility index (Phi) is 4.43. The van der Waals surface area contributed by atoms with Crippen LogP contribution in [-0.2, 0) is 0 Å². The molecule has 2 unspecified atom stereocenters. The lowest BCUT2D eigenvalue weighted by Crippen LogP contribution is -2.05. The second kappa shape index (κ2) is 7.24. The monoisotopic (exact) mass is 382 g/mol. The minimum absolute atomic E-state index is 0.451. The van der Waals surface area contributed by atoms with Crippen LogP contribution in [0.4, 0.5) is 0 Å². The van der Waals surface area contributed by atoms with Crippen molar-refractivity contribution in [1.82, 2.24) is 19.9 Å². The van der Waals surface area contributed by atoms with Gasteiger partial charge in [-0.1, -0.05) is 30.3 Å². The van der Waals surface area contributed by atoms with Crippen molar-refractivity contribution in [3.63, 3.8) is 0 Å². The van der Waals surface area contributed by atoms with Crippen molar-refractivity contribution < 1.29 is 4.74 Å². The van der Waals surface area contributed by atoms with E-state index in [1.807, 2.05) is 50.5 Å². The molecule has 0 bridgehead atoms. The highest BCUT2D eigenvalue weighted by Gasteiger charge is 2.40. The summed E-state index contributed by atoms with van der Waals surface area (Å²) in [6, 6.07) is 16.6. The fourth-order valence-electron chi connectivity index (χ4n) is 3.65. The van der Waals surface area contributed by atoms with Crippen LogP contribution in [0.1, 0.15) is 29.6 Å². The molecule has 0 amide bonds. The standard InChI is InChI=1S/C24H22N4O/c1-15-7-8-18(12-25-15)21-13-26-16(2)27-24(21)29-14-19-11-20(19)23-10-9-17-5-3-4-6-22(17)28-23/h3-10,12-13,19-20H,11,14H2,1-2H3. The van der Waals surface area contributed by atoms with Gasteiger partial charge in [-0.25, -0.2) is 4.98 Å². The van der Waals surface area contributed by atoms with E-state index < -0.39 is 0 Å². The molecule has 3 aromatic heterocycles. The Morgan fingerprint density at radius 1 is 0.931 bits per heavy atom. The number of rotatable bonds is 5. The molecule has 0 radical (unpaired) electrons. The van der Waals surface area contributed by atoms with E-state index in [1.165, 1.54) is 5.39 Å². The zero-order valence-corrected chi connectivity index (χ0v) is 16.5. The lowest BCUT2D eigenvalue weighted by molar-refractivity contribution is 0.285. The molecule has 5 rings (SSSR count). The Bertz CT molecular complexity index is 1170. The molecule has 2 atom stereocenters. The SMILES string of the molecule is Cc1ccc(-c2cnc(C)nc2OCC2CC2c2ccc3ccccc3n2)cn1. The molecule has 1 fully saturated rings. The normalized spacial score (nSPS) is 18.0. The predicted molar refractivity (Wildman–Crippen MR) is 113 cm³/mol. The number of benzene rings is 1. The lowest BCUT2D eigenvalue weighted by atomic mass is 10.1. The molecule has 5 nitrogen and oxygen atoms in total. The Hall–Kier alpha value is -3.34. The van der Waals surface area contributed by atoms with Crippen molar-refractivity contribution in [3.8, 4) is 17.0 Å². The van der Waals surface area contributed by atoms with Crippen LogP contribution < -0.4 is 4.74 Å². The van der Waals surface area contributed by atoms with E-state index in [4.69, 9.17) is 9.72 Å². The summed E-state index contributed by atoms with van der Waals surface area (Å²) in [5.74, 6) is 2.24. The third-order valence-corrected chi connectivity index (χ3v) is 5.45. The number of fused-ring (bicyclic) bond motifs is 1. The summed E-state index contributed by atoms with van der Waals surface area (Å²) in [7, 11) is 0. The summed E-state index contributed by atoms with van der Waals surface area (Å²) in [6.45, 7) is 4.48. The molecule has 29 heavy (non-hydrogen) atoms. The van der Waals surface area contributed by atoms with E-state index in [-0.39, 0.29) is 0 Å². The maximum absolute atomic E-state index is 6.16. The molecule has 1 aromatic carbocycles. The summed E-state index contributed by atoms with van der Waals surface area (Å²) >= 11 is 0. The summed E-state index contributed by atoms with van der Waals surface area (Å²) < 4.78 is 6.16. The Morgan fingerprint density at radius 3 is 2.69 bits per heavy atom. The van der Waals surface area contributed by atoms with Crippen LogP contribution in [0, 0.1) is 19.8 Å². The van der Waals surface area contributed by atoms with Crippen LogP contribution in [0.5, 0.6) is 5.88 Å². The quantitative estimate of drug-likeness (QED) is 0.492. The van der Waals surface area contributed by atoms with Gasteiger partial charge in [0.2, 0.25) is 5.88 Å². The first-order valence-electron chi connectivity index (χ1n) is 9.92. The molecule has 5 heteroatoms. The summed E-state index contributed by atoms with van der Waals surface area (Å²) in [5.41, 5.74) is 5.03. The van der Waals surface area contributed by atoms with Crippen LogP contribution in [0.15, 0.2) is 60.9 Å². The van der Waals surface area contributed by atoms with E-state index in [0.29, 0.717) is 30.1 Å². The fraction of sp³-hybridized carbons (Fsp3) is 0.250. The number of hydrogen-bond acceptors (Lipinski definition) is 5. The number of pyridine rings is 2. The van der Waals surface area contributed by atoms with Gasteiger partial charge in [-0.15, -0.1) is 0 Å². The van der Waals surface area contributed by atoms with E-state index >= 15 is 0 Å². The van der Waals surface area contributed by atoms with Crippen LogP contribution in [0.3, 0.4) is 0 Å². The number of aryl methyl sites for hydroxylation is 2. The van der Waals surface area contributed by atoms with Crippen LogP contribution in [-0.4, -0.2) is 26.5 Å². The minimum Gasteiger partial charge on any atom is -0.477 e. The van der Waals surface area contributed by atoms with E-state index in [1.54, 1.807) is 0 Å². The Labute approximate surface area is 169 Å². The highest BCUT2D eigenvalue weighted by molar-refractivity contribution is 5.78. The highest BCUT2D eigenvalue weighted by atomic mass is 16.5. The van der Waals surface area contributed by atoms with Gasteiger partial charge in [0.25, 0.3) is 0 Å². The zero-order chi connectivity index (χ0) is 19.8. The van der Waals surface area contributed by atoms with E-state index in [2.05, 4.69) is 39.2 Å². The van der Waals surface area contributed by atoms with Gasteiger partial charge in [0.15, 0.2) is 0 Å². The molecule has 144 valence electrons. The number of nitrogens with zero attached hydrogens (tertiary/aromatic N) is 4. The van der Waals surface area contributed by atoms with Crippen molar-refractivity contribution in [1.29, 1.82) is 0 Å². The summed E-state index contributed by atoms with van der Waals surface area (Å²) in [6.07, 6.45) is 4.76. The smallest absolute Gasteiger partial charge is 0.224 e. The molecule has 3 heterocycles. The van der Waals surface area contributed by atoms with Gasteiger partial charge < -0.3 is 4.74 Å². The minimum atomic E-state index is 0.451. The maximum atomic E-state index is 6.16. The van der Waals surface area contributed by atoms with Gasteiger partial charge in [0.05, 0.1) is 17.7 Å². The first-order chi connectivity index (χ1) is 14.2. The summed E-state index contributed by atoms with van der Waals surface area (Å²) in [4.78, 5) is 18.1. The third kappa shape index (κ3) is 3.68.